The van der Waals surface area contributed by atoms with Crippen molar-refractivity contribution in [1.29, 1.82) is 0 Å². The summed E-state index contributed by atoms with van der Waals surface area (Å²) in [6.07, 6.45) is 0.0458. The van der Waals surface area contributed by atoms with Gasteiger partial charge in [-0.25, -0.2) is 0 Å². The number of rotatable bonds is 11. The van der Waals surface area contributed by atoms with Crippen LogP contribution < -0.4 is 14.8 Å². The number of aliphatic hydroxyl groups is 1. The van der Waals surface area contributed by atoms with Crippen molar-refractivity contribution >= 4 is 5.91 Å². The fourth-order valence-electron chi connectivity index (χ4n) is 7.32. The summed E-state index contributed by atoms with van der Waals surface area (Å²) in [5, 5.41) is 12.7. The molecule has 8 heteroatoms. The van der Waals surface area contributed by atoms with Gasteiger partial charge in [-0.15, -0.1) is 0 Å². The number of ether oxygens (including phenoxy) is 4. The Morgan fingerprint density at radius 3 is 2.21 bits per heavy atom. The lowest BCUT2D eigenvalue weighted by molar-refractivity contribution is -0.276. The lowest BCUT2D eigenvalue weighted by atomic mass is 9.89. The number of carbonyl (C=O) groups excluding carboxylic acids is 1. The zero-order chi connectivity index (χ0) is 36.0. The Bertz CT molecular complexity index is 1960. The number of nitrogens with one attached hydrogen (secondary N) is 1. The first-order valence-corrected chi connectivity index (χ1v) is 17.9. The molecule has 0 saturated carbocycles. The van der Waals surface area contributed by atoms with Crippen molar-refractivity contribution in [2.24, 2.45) is 5.92 Å². The van der Waals surface area contributed by atoms with Crippen LogP contribution in [0.25, 0.3) is 11.1 Å². The van der Waals surface area contributed by atoms with E-state index in [9.17, 15) is 9.90 Å². The van der Waals surface area contributed by atoms with Crippen LogP contribution in [-0.4, -0.2) is 49.3 Å². The summed E-state index contributed by atoms with van der Waals surface area (Å²) in [5.41, 5.74) is 9.17. The van der Waals surface area contributed by atoms with E-state index in [1.807, 2.05) is 60.7 Å². The van der Waals surface area contributed by atoms with Crippen molar-refractivity contribution in [2.45, 2.75) is 51.5 Å². The van der Waals surface area contributed by atoms with Gasteiger partial charge < -0.3 is 29.4 Å². The number of aliphatic hydroxyl groups excluding tert-OH is 1. The van der Waals surface area contributed by atoms with Crippen LogP contribution in [0.5, 0.6) is 11.5 Å². The highest BCUT2D eigenvalue weighted by molar-refractivity contribution is 5.94. The van der Waals surface area contributed by atoms with Gasteiger partial charge in [0.15, 0.2) is 17.8 Å². The molecule has 1 fully saturated rings. The van der Waals surface area contributed by atoms with Gasteiger partial charge in [-0.2, -0.15) is 0 Å². The van der Waals surface area contributed by atoms with Crippen molar-refractivity contribution in [3.05, 3.63) is 154 Å². The predicted molar refractivity (Wildman–Crippen MR) is 201 cm³/mol. The summed E-state index contributed by atoms with van der Waals surface area (Å²) >= 11 is 0. The number of hydrogen-bond donors (Lipinski definition) is 2. The molecule has 0 bridgehead atoms. The number of benzene rings is 5. The minimum absolute atomic E-state index is 0.00230. The molecule has 2 heterocycles. The van der Waals surface area contributed by atoms with Crippen molar-refractivity contribution < 1.29 is 28.8 Å². The second-order valence-corrected chi connectivity index (χ2v) is 13.6. The lowest BCUT2D eigenvalue weighted by Crippen LogP contribution is -2.45. The Morgan fingerprint density at radius 2 is 1.50 bits per heavy atom. The van der Waals surface area contributed by atoms with Crippen molar-refractivity contribution in [3.63, 3.8) is 0 Å². The molecule has 2 aliphatic rings. The molecule has 0 aliphatic carbocycles. The van der Waals surface area contributed by atoms with Gasteiger partial charge in [-0.05, 0) is 69.6 Å². The van der Waals surface area contributed by atoms with Crippen molar-refractivity contribution in [3.8, 4) is 22.6 Å². The molecule has 1 saturated heterocycles. The van der Waals surface area contributed by atoms with E-state index in [-0.39, 0.29) is 30.6 Å². The molecule has 2 aliphatic heterocycles. The fourth-order valence-corrected chi connectivity index (χ4v) is 7.32. The van der Waals surface area contributed by atoms with E-state index in [0.717, 1.165) is 70.9 Å². The summed E-state index contributed by atoms with van der Waals surface area (Å²) in [4.78, 5) is 15.2. The summed E-state index contributed by atoms with van der Waals surface area (Å²) in [5.74, 6) is 1.47. The summed E-state index contributed by atoms with van der Waals surface area (Å²) < 4.78 is 24.8. The molecule has 52 heavy (non-hydrogen) atoms. The highest BCUT2D eigenvalue weighted by Gasteiger charge is 2.39. The molecule has 1 amide bonds. The normalized spacial score (nSPS) is 20.2. The van der Waals surface area contributed by atoms with Gasteiger partial charge in [0.2, 0.25) is 0 Å². The number of hydrogen-bond acceptors (Lipinski definition) is 7. The third-order valence-electron chi connectivity index (χ3n) is 10.3. The van der Waals surface area contributed by atoms with Crippen LogP contribution in [-0.2, 0) is 35.6 Å². The van der Waals surface area contributed by atoms with Gasteiger partial charge in [0.25, 0.3) is 5.91 Å². The summed E-state index contributed by atoms with van der Waals surface area (Å²) in [6, 6.07) is 38.0. The van der Waals surface area contributed by atoms with Crippen LogP contribution in [0.4, 0.5) is 0 Å². The van der Waals surface area contributed by atoms with E-state index in [4.69, 9.17) is 18.9 Å². The average Bonchev–Trinajstić information content (AvgIpc) is 3.20. The number of methoxy groups -OCH3 is 2. The minimum atomic E-state index is -0.570. The maximum absolute atomic E-state index is 12.8. The Labute approximate surface area is 305 Å². The maximum atomic E-state index is 12.8. The van der Waals surface area contributed by atoms with E-state index in [0.29, 0.717) is 12.1 Å². The monoisotopic (exact) mass is 698 g/mol. The van der Waals surface area contributed by atoms with E-state index in [2.05, 4.69) is 71.7 Å². The fraction of sp³-hybridized carbons (Fsp3) is 0.295. The molecular formula is C44H46N2O6. The Morgan fingerprint density at radius 1 is 0.827 bits per heavy atom. The van der Waals surface area contributed by atoms with Crippen LogP contribution in [0, 0.1) is 5.92 Å². The van der Waals surface area contributed by atoms with Gasteiger partial charge in [0, 0.05) is 43.2 Å². The number of fused-ring (bicyclic) bond motifs is 1. The molecule has 8 nitrogen and oxygen atoms in total. The molecule has 0 unspecified atom stereocenters. The molecule has 5 aromatic carbocycles. The zero-order valence-corrected chi connectivity index (χ0v) is 30.0. The Balaban J connectivity index is 1.11. The third kappa shape index (κ3) is 7.76. The first-order valence-electron chi connectivity index (χ1n) is 17.9. The second-order valence-electron chi connectivity index (χ2n) is 13.6. The first-order chi connectivity index (χ1) is 25.4. The van der Waals surface area contributed by atoms with Crippen molar-refractivity contribution in [1.82, 2.24) is 10.2 Å². The highest BCUT2D eigenvalue weighted by Crippen LogP contribution is 2.43. The third-order valence-corrected chi connectivity index (χ3v) is 10.3. The van der Waals surface area contributed by atoms with Crippen molar-refractivity contribution in [2.75, 3.05) is 27.3 Å². The second kappa shape index (κ2) is 16.1. The molecule has 0 spiro atoms. The van der Waals surface area contributed by atoms with Crippen LogP contribution in [0.3, 0.4) is 0 Å². The minimum Gasteiger partial charge on any atom is -0.493 e. The van der Waals surface area contributed by atoms with Crippen LogP contribution in [0.2, 0.25) is 0 Å². The smallest absolute Gasteiger partial charge is 0.251 e. The first kappa shape index (κ1) is 35.4. The number of amides is 1. The molecule has 0 radical (unpaired) electrons. The average molecular weight is 699 g/mol. The van der Waals surface area contributed by atoms with E-state index in [1.165, 1.54) is 11.1 Å². The SMILES string of the molecule is COc1cc2c(cc1OC)CN(C[C@@H]1O[C@H](c3ccc(-c4ccccc4CNC(=O)c4ccccc4)cc3)O[C@H](c3ccc(CO)cc3)[C@@H]1C)CC2. The largest absolute Gasteiger partial charge is 0.493 e. The predicted octanol–water partition coefficient (Wildman–Crippen LogP) is 7.64. The van der Waals surface area contributed by atoms with Gasteiger partial charge in [-0.1, -0.05) is 97.9 Å². The van der Waals surface area contributed by atoms with Crippen LogP contribution in [0.1, 0.15) is 63.1 Å². The van der Waals surface area contributed by atoms with E-state index < -0.39 is 6.29 Å². The lowest BCUT2D eigenvalue weighted by Gasteiger charge is -2.43. The van der Waals surface area contributed by atoms with Gasteiger partial charge >= 0.3 is 0 Å². The zero-order valence-electron chi connectivity index (χ0n) is 30.0. The quantitative estimate of drug-likeness (QED) is 0.147. The van der Waals surface area contributed by atoms with Gasteiger partial charge in [0.1, 0.15) is 0 Å². The van der Waals surface area contributed by atoms with E-state index in [1.54, 1.807) is 14.2 Å². The van der Waals surface area contributed by atoms with Gasteiger partial charge in [0.05, 0.1) is 33.0 Å². The van der Waals surface area contributed by atoms with Crippen LogP contribution >= 0.6 is 0 Å². The highest BCUT2D eigenvalue weighted by atomic mass is 16.7. The summed E-state index contributed by atoms with van der Waals surface area (Å²) in [6.45, 7) is 5.07. The molecule has 0 aromatic heterocycles. The molecule has 2 N–H and O–H groups in total. The summed E-state index contributed by atoms with van der Waals surface area (Å²) in [7, 11) is 3.35. The van der Waals surface area contributed by atoms with E-state index >= 15 is 0 Å². The molecule has 5 aromatic rings. The number of nitrogens with zero attached hydrogens (tertiary/aromatic N) is 1. The maximum Gasteiger partial charge on any atom is 0.251 e. The standard InChI is InChI=1S/C44H46N2O6/c1-29-41(27-46-22-21-35-23-39(49-2)40(50-3)24-37(35)26-46)51-44(52-42(29)32-15-13-30(28-47)14-16-32)34-19-17-31(18-20-34)38-12-8-7-11-36(38)25-45-43(48)33-9-5-4-6-10-33/h4-20,23-24,29,41-42,44,47H,21-22,25-28H2,1-3H3,(H,45,48)/t29-,41+,42+,44+/m1/s1. The van der Waals surface area contributed by atoms with Crippen LogP contribution in [0.15, 0.2) is 115 Å². The molecule has 268 valence electrons. The van der Waals surface area contributed by atoms with Gasteiger partial charge in [-0.3, -0.25) is 9.69 Å². The molecule has 7 rings (SSSR count). The number of carbonyl (C=O) groups is 1. The topological polar surface area (TPSA) is 89.5 Å². The molecule has 4 atom stereocenters. The molecular weight excluding hydrogens is 652 g/mol. The Kier molecular flexibility index (Phi) is 11.0. The Hall–Kier alpha value is -4.99.